The SMILES string of the molecule is CC(N)c1c(O)ccc2c1CCCC2. The third-order valence-corrected chi connectivity index (χ3v) is 3.01. The Morgan fingerprint density at radius 2 is 2.00 bits per heavy atom. The van der Waals surface area contributed by atoms with Crippen molar-refractivity contribution in [1.29, 1.82) is 0 Å². The van der Waals surface area contributed by atoms with Crippen molar-refractivity contribution in [3.05, 3.63) is 28.8 Å². The molecule has 0 radical (unpaired) electrons. The number of phenolic OH excluding ortho intramolecular Hbond substituents is 1. The minimum atomic E-state index is -0.0666. The summed E-state index contributed by atoms with van der Waals surface area (Å²) in [4.78, 5) is 0. The van der Waals surface area contributed by atoms with E-state index < -0.39 is 0 Å². The number of hydrogen-bond acceptors (Lipinski definition) is 2. The topological polar surface area (TPSA) is 46.2 Å². The lowest BCUT2D eigenvalue weighted by Gasteiger charge is -2.22. The minimum Gasteiger partial charge on any atom is -0.508 e. The van der Waals surface area contributed by atoms with Crippen LogP contribution in [0.3, 0.4) is 0 Å². The predicted molar refractivity (Wildman–Crippen MR) is 57.4 cm³/mol. The maximum absolute atomic E-state index is 9.76. The van der Waals surface area contributed by atoms with Crippen molar-refractivity contribution in [2.24, 2.45) is 5.73 Å². The summed E-state index contributed by atoms with van der Waals surface area (Å²) in [7, 11) is 0. The summed E-state index contributed by atoms with van der Waals surface area (Å²) in [5, 5.41) is 9.76. The number of nitrogens with two attached hydrogens (primary N) is 1. The van der Waals surface area contributed by atoms with Crippen LogP contribution >= 0.6 is 0 Å². The van der Waals surface area contributed by atoms with Crippen molar-refractivity contribution >= 4 is 0 Å². The summed E-state index contributed by atoms with van der Waals surface area (Å²) in [6, 6.07) is 3.75. The van der Waals surface area contributed by atoms with E-state index in [0.717, 1.165) is 18.4 Å². The first-order valence-electron chi connectivity index (χ1n) is 5.29. The average Bonchev–Trinajstić information content (AvgIpc) is 2.17. The molecule has 0 aromatic heterocycles. The van der Waals surface area contributed by atoms with Gasteiger partial charge in [0.1, 0.15) is 5.75 Å². The highest BCUT2D eigenvalue weighted by atomic mass is 16.3. The molecule has 1 aliphatic rings. The Labute approximate surface area is 84.7 Å². The van der Waals surface area contributed by atoms with Gasteiger partial charge < -0.3 is 10.8 Å². The molecule has 2 heteroatoms. The molecule has 1 aromatic carbocycles. The Balaban J connectivity index is 2.55. The maximum Gasteiger partial charge on any atom is 0.120 e. The Kier molecular flexibility index (Phi) is 2.46. The standard InChI is InChI=1S/C12H17NO/c1-8(13)12-10-5-3-2-4-9(10)6-7-11(12)14/h6-8,14H,2-5,13H2,1H3. The molecule has 14 heavy (non-hydrogen) atoms. The number of fused-ring (bicyclic) bond motifs is 1. The Morgan fingerprint density at radius 3 is 2.71 bits per heavy atom. The van der Waals surface area contributed by atoms with Gasteiger partial charge in [0.15, 0.2) is 0 Å². The third kappa shape index (κ3) is 1.50. The first-order valence-corrected chi connectivity index (χ1v) is 5.29. The van der Waals surface area contributed by atoms with E-state index in [1.165, 1.54) is 24.0 Å². The molecule has 76 valence electrons. The first-order chi connectivity index (χ1) is 6.70. The molecule has 3 N–H and O–H groups in total. The fraction of sp³-hybridized carbons (Fsp3) is 0.500. The summed E-state index contributed by atoms with van der Waals surface area (Å²) in [6.07, 6.45) is 4.68. The van der Waals surface area contributed by atoms with Gasteiger partial charge in [-0.1, -0.05) is 6.07 Å². The fourth-order valence-electron chi connectivity index (χ4n) is 2.35. The predicted octanol–water partition coefficient (Wildman–Crippen LogP) is 2.29. The fourth-order valence-corrected chi connectivity index (χ4v) is 2.35. The molecule has 1 atom stereocenters. The molecule has 0 saturated carbocycles. The molecule has 0 amide bonds. The van der Waals surface area contributed by atoms with Gasteiger partial charge in [0.2, 0.25) is 0 Å². The van der Waals surface area contributed by atoms with Gasteiger partial charge in [-0.15, -0.1) is 0 Å². The van der Waals surface area contributed by atoms with Crippen LogP contribution in [0.4, 0.5) is 0 Å². The average molecular weight is 191 g/mol. The monoisotopic (exact) mass is 191 g/mol. The van der Waals surface area contributed by atoms with Crippen molar-refractivity contribution in [3.63, 3.8) is 0 Å². The molecule has 2 rings (SSSR count). The van der Waals surface area contributed by atoms with Gasteiger partial charge in [0, 0.05) is 11.6 Å². The van der Waals surface area contributed by atoms with E-state index in [9.17, 15) is 5.11 Å². The number of hydrogen-bond donors (Lipinski definition) is 2. The lowest BCUT2D eigenvalue weighted by molar-refractivity contribution is 0.460. The second-order valence-corrected chi connectivity index (χ2v) is 4.13. The molecular formula is C12H17NO. The van der Waals surface area contributed by atoms with Crippen molar-refractivity contribution < 1.29 is 5.11 Å². The zero-order valence-corrected chi connectivity index (χ0v) is 8.59. The van der Waals surface area contributed by atoms with Gasteiger partial charge in [-0.25, -0.2) is 0 Å². The van der Waals surface area contributed by atoms with Gasteiger partial charge in [0.25, 0.3) is 0 Å². The van der Waals surface area contributed by atoms with E-state index in [-0.39, 0.29) is 6.04 Å². The zero-order valence-electron chi connectivity index (χ0n) is 8.59. The number of aromatic hydroxyl groups is 1. The normalized spacial score (nSPS) is 17.6. The van der Waals surface area contributed by atoms with Crippen molar-refractivity contribution in [2.75, 3.05) is 0 Å². The van der Waals surface area contributed by atoms with Crippen LogP contribution in [0.5, 0.6) is 5.75 Å². The number of benzene rings is 1. The highest BCUT2D eigenvalue weighted by Gasteiger charge is 2.18. The molecule has 1 unspecified atom stereocenters. The van der Waals surface area contributed by atoms with E-state index >= 15 is 0 Å². The van der Waals surface area contributed by atoms with Gasteiger partial charge in [0.05, 0.1) is 0 Å². The minimum absolute atomic E-state index is 0.0666. The highest BCUT2D eigenvalue weighted by Crippen LogP contribution is 2.33. The van der Waals surface area contributed by atoms with E-state index in [0.29, 0.717) is 5.75 Å². The number of aryl methyl sites for hydroxylation is 1. The molecule has 2 nitrogen and oxygen atoms in total. The Morgan fingerprint density at radius 1 is 1.29 bits per heavy atom. The van der Waals surface area contributed by atoms with Gasteiger partial charge >= 0.3 is 0 Å². The maximum atomic E-state index is 9.76. The van der Waals surface area contributed by atoms with Crippen molar-refractivity contribution in [3.8, 4) is 5.75 Å². The summed E-state index contributed by atoms with van der Waals surface area (Å²) < 4.78 is 0. The van der Waals surface area contributed by atoms with Crippen LogP contribution in [0, 0.1) is 0 Å². The number of rotatable bonds is 1. The van der Waals surface area contributed by atoms with Crippen molar-refractivity contribution in [2.45, 2.75) is 38.6 Å². The van der Waals surface area contributed by atoms with Gasteiger partial charge in [-0.3, -0.25) is 0 Å². The third-order valence-electron chi connectivity index (χ3n) is 3.01. The number of phenols is 1. The van der Waals surface area contributed by atoms with E-state index in [1.54, 1.807) is 6.07 Å². The molecule has 0 bridgehead atoms. The lowest BCUT2D eigenvalue weighted by Crippen LogP contribution is -2.13. The molecule has 0 spiro atoms. The Hall–Kier alpha value is -1.02. The van der Waals surface area contributed by atoms with Crippen LogP contribution in [-0.4, -0.2) is 5.11 Å². The quantitative estimate of drug-likeness (QED) is 0.715. The van der Waals surface area contributed by atoms with E-state index in [4.69, 9.17) is 5.73 Å². The second-order valence-electron chi connectivity index (χ2n) is 4.13. The molecule has 0 heterocycles. The van der Waals surface area contributed by atoms with E-state index in [2.05, 4.69) is 0 Å². The Bertz CT molecular complexity index is 344. The van der Waals surface area contributed by atoms with Gasteiger partial charge in [-0.05, 0) is 49.8 Å². The smallest absolute Gasteiger partial charge is 0.120 e. The second kappa shape index (κ2) is 3.62. The van der Waals surface area contributed by atoms with Crippen LogP contribution in [-0.2, 0) is 12.8 Å². The van der Waals surface area contributed by atoms with Crippen LogP contribution in [0.2, 0.25) is 0 Å². The summed E-state index contributed by atoms with van der Waals surface area (Å²) in [6.45, 7) is 1.93. The van der Waals surface area contributed by atoms with Crippen LogP contribution in [0.25, 0.3) is 0 Å². The molecular weight excluding hydrogens is 174 g/mol. The first kappa shape index (κ1) is 9.53. The molecule has 1 aromatic rings. The van der Waals surface area contributed by atoms with Crippen LogP contribution < -0.4 is 5.73 Å². The summed E-state index contributed by atoms with van der Waals surface area (Å²) in [5.41, 5.74) is 9.51. The molecule has 0 aliphatic heterocycles. The van der Waals surface area contributed by atoms with Crippen LogP contribution in [0.1, 0.15) is 42.5 Å². The largest absolute Gasteiger partial charge is 0.508 e. The van der Waals surface area contributed by atoms with Crippen molar-refractivity contribution in [1.82, 2.24) is 0 Å². The highest BCUT2D eigenvalue weighted by molar-refractivity contribution is 5.47. The molecule has 0 fully saturated rings. The molecule has 1 aliphatic carbocycles. The lowest BCUT2D eigenvalue weighted by atomic mass is 9.86. The van der Waals surface area contributed by atoms with E-state index in [1.807, 2.05) is 13.0 Å². The zero-order chi connectivity index (χ0) is 10.1. The van der Waals surface area contributed by atoms with Crippen LogP contribution in [0.15, 0.2) is 12.1 Å². The summed E-state index contributed by atoms with van der Waals surface area (Å²) in [5.74, 6) is 0.362. The van der Waals surface area contributed by atoms with Gasteiger partial charge in [-0.2, -0.15) is 0 Å². The summed E-state index contributed by atoms with van der Waals surface area (Å²) >= 11 is 0. The molecule has 0 saturated heterocycles.